The van der Waals surface area contributed by atoms with Crippen LogP contribution in [0.15, 0.2) is 46.3 Å². The van der Waals surface area contributed by atoms with Crippen molar-refractivity contribution < 1.29 is 9.59 Å². The quantitative estimate of drug-likeness (QED) is 0.392. The van der Waals surface area contributed by atoms with Gasteiger partial charge in [-0.15, -0.1) is 0 Å². The molecule has 1 aliphatic carbocycles. The van der Waals surface area contributed by atoms with Crippen LogP contribution in [-0.4, -0.2) is 33.3 Å². The summed E-state index contributed by atoms with van der Waals surface area (Å²) in [6, 6.07) is 11.2. The number of nitrogens with one attached hydrogen (secondary N) is 2. The van der Waals surface area contributed by atoms with Gasteiger partial charge in [-0.05, 0) is 35.7 Å². The molecule has 3 amide bonds. The second-order valence-electron chi connectivity index (χ2n) is 7.27. The fourth-order valence-electron chi connectivity index (χ4n) is 3.65. The molecule has 0 radical (unpaired) electrons. The van der Waals surface area contributed by atoms with E-state index in [1.165, 1.54) is 4.57 Å². The van der Waals surface area contributed by atoms with Crippen LogP contribution in [0.3, 0.4) is 0 Å². The van der Waals surface area contributed by atoms with Crippen molar-refractivity contribution in [1.82, 2.24) is 20.2 Å². The summed E-state index contributed by atoms with van der Waals surface area (Å²) in [4.78, 5) is 41.4. The van der Waals surface area contributed by atoms with Crippen LogP contribution in [-0.2, 0) is 11.8 Å². The van der Waals surface area contributed by atoms with Gasteiger partial charge in [0.1, 0.15) is 0 Å². The maximum absolute atomic E-state index is 12.8. The minimum Gasteiger partial charge on any atom is -0.335 e. The number of fused-ring (bicyclic) bond motifs is 2. The summed E-state index contributed by atoms with van der Waals surface area (Å²) in [7, 11) is 1.64. The number of carbonyl (C=O) groups is 2. The van der Waals surface area contributed by atoms with Gasteiger partial charge in [0.25, 0.3) is 5.56 Å². The van der Waals surface area contributed by atoms with Crippen molar-refractivity contribution in [2.45, 2.75) is 36.9 Å². The number of urea groups is 1. The normalized spacial score (nSPS) is 14.4. The van der Waals surface area contributed by atoms with Gasteiger partial charge < -0.3 is 5.32 Å². The van der Waals surface area contributed by atoms with E-state index in [0.29, 0.717) is 16.1 Å². The number of thioether (sulfide) groups is 1. The van der Waals surface area contributed by atoms with Crippen LogP contribution in [0.1, 0.15) is 25.7 Å². The molecule has 8 heteroatoms. The van der Waals surface area contributed by atoms with Crippen LogP contribution in [0.5, 0.6) is 0 Å². The van der Waals surface area contributed by atoms with E-state index >= 15 is 0 Å². The van der Waals surface area contributed by atoms with Gasteiger partial charge >= 0.3 is 6.03 Å². The van der Waals surface area contributed by atoms with Crippen LogP contribution in [0.2, 0.25) is 0 Å². The Morgan fingerprint density at radius 2 is 1.86 bits per heavy atom. The molecule has 0 atom stereocenters. The number of rotatable bonds is 4. The largest absolute Gasteiger partial charge is 0.335 e. The van der Waals surface area contributed by atoms with Crippen molar-refractivity contribution >= 4 is 45.4 Å². The Morgan fingerprint density at radius 3 is 2.59 bits per heavy atom. The Balaban J connectivity index is 1.48. The average Bonchev–Trinajstić information content (AvgIpc) is 3.21. The zero-order valence-corrected chi connectivity index (χ0v) is 16.9. The Hall–Kier alpha value is -2.87. The van der Waals surface area contributed by atoms with Gasteiger partial charge in [-0.1, -0.05) is 48.9 Å². The second-order valence-corrected chi connectivity index (χ2v) is 8.21. The van der Waals surface area contributed by atoms with Crippen LogP contribution >= 0.6 is 11.8 Å². The summed E-state index contributed by atoms with van der Waals surface area (Å²) >= 11 is 1.13. The first-order chi connectivity index (χ1) is 14.0. The summed E-state index contributed by atoms with van der Waals surface area (Å²) in [5.74, 6) is -0.421. The van der Waals surface area contributed by atoms with Crippen molar-refractivity contribution in [2.24, 2.45) is 7.05 Å². The average molecular weight is 410 g/mol. The summed E-state index contributed by atoms with van der Waals surface area (Å²) in [5, 5.41) is 8.12. The Bertz CT molecular complexity index is 1150. The lowest BCUT2D eigenvalue weighted by molar-refractivity contribution is -0.117. The van der Waals surface area contributed by atoms with E-state index in [1.54, 1.807) is 7.05 Å². The Morgan fingerprint density at radius 1 is 1.17 bits per heavy atom. The third kappa shape index (κ3) is 4.27. The van der Waals surface area contributed by atoms with Crippen molar-refractivity contribution in [3.8, 4) is 0 Å². The SMILES string of the molecule is Cn1c(SCC(=O)NC(=O)NC2CCCC2)nc2cc3ccccc3cc2c1=O. The smallest absolute Gasteiger partial charge is 0.321 e. The van der Waals surface area contributed by atoms with Gasteiger partial charge in [0, 0.05) is 13.1 Å². The second kappa shape index (κ2) is 8.24. The van der Waals surface area contributed by atoms with Crippen molar-refractivity contribution in [1.29, 1.82) is 0 Å². The fraction of sp³-hybridized carbons (Fsp3) is 0.333. The number of carbonyl (C=O) groups excluding carboxylic acids is 2. The minimum absolute atomic E-state index is 0.00253. The summed E-state index contributed by atoms with van der Waals surface area (Å²) in [6.07, 6.45) is 4.11. The number of nitrogens with zero attached hydrogens (tertiary/aromatic N) is 2. The van der Waals surface area contributed by atoms with Crippen LogP contribution in [0, 0.1) is 0 Å². The van der Waals surface area contributed by atoms with E-state index in [0.717, 1.165) is 48.2 Å². The first-order valence-electron chi connectivity index (χ1n) is 9.64. The molecular formula is C21H22N4O3S. The highest BCUT2D eigenvalue weighted by molar-refractivity contribution is 7.99. The molecule has 150 valence electrons. The third-order valence-electron chi connectivity index (χ3n) is 5.18. The highest BCUT2D eigenvalue weighted by Gasteiger charge is 2.18. The molecule has 1 aliphatic rings. The van der Waals surface area contributed by atoms with E-state index in [1.807, 2.05) is 36.4 Å². The van der Waals surface area contributed by atoms with Gasteiger partial charge in [0.15, 0.2) is 5.16 Å². The minimum atomic E-state index is -0.464. The number of amides is 3. The summed E-state index contributed by atoms with van der Waals surface area (Å²) in [5.41, 5.74) is 0.427. The standard InChI is InChI=1S/C21H22N4O3S/c1-25-19(27)16-10-13-6-2-3-7-14(13)11-17(16)23-21(25)29-12-18(26)24-20(28)22-15-8-4-5-9-15/h2-3,6-7,10-11,15H,4-5,8-9,12H2,1H3,(H2,22,24,26,28). The van der Waals surface area contributed by atoms with Crippen LogP contribution in [0.4, 0.5) is 4.79 Å². The predicted molar refractivity (Wildman–Crippen MR) is 114 cm³/mol. The van der Waals surface area contributed by atoms with Gasteiger partial charge in [-0.3, -0.25) is 19.5 Å². The summed E-state index contributed by atoms with van der Waals surface area (Å²) < 4.78 is 1.44. The van der Waals surface area contributed by atoms with Crippen molar-refractivity contribution in [3.63, 3.8) is 0 Å². The highest BCUT2D eigenvalue weighted by atomic mass is 32.2. The van der Waals surface area contributed by atoms with Gasteiger partial charge in [-0.25, -0.2) is 9.78 Å². The number of benzene rings is 2. The highest BCUT2D eigenvalue weighted by Crippen LogP contribution is 2.22. The molecule has 1 saturated carbocycles. The van der Waals surface area contributed by atoms with E-state index in [-0.39, 0.29) is 17.4 Å². The van der Waals surface area contributed by atoms with Crippen LogP contribution in [0.25, 0.3) is 21.7 Å². The molecular weight excluding hydrogens is 388 g/mol. The molecule has 0 unspecified atom stereocenters. The molecule has 0 bridgehead atoms. The van der Waals surface area contributed by atoms with Crippen LogP contribution < -0.4 is 16.2 Å². The first kappa shape index (κ1) is 19.4. The Labute approximate surface area is 171 Å². The molecule has 0 saturated heterocycles. The molecule has 29 heavy (non-hydrogen) atoms. The number of aromatic nitrogens is 2. The molecule has 2 N–H and O–H groups in total. The molecule has 4 rings (SSSR count). The molecule has 0 aliphatic heterocycles. The maximum Gasteiger partial charge on any atom is 0.321 e. The number of hydrogen-bond donors (Lipinski definition) is 2. The maximum atomic E-state index is 12.8. The Kier molecular flexibility index (Phi) is 5.53. The number of hydrogen-bond acceptors (Lipinski definition) is 5. The summed E-state index contributed by atoms with van der Waals surface area (Å²) in [6.45, 7) is 0. The lowest BCUT2D eigenvalue weighted by atomic mass is 10.1. The molecule has 1 heterocycles. The van der Waals surface area contributed by atoms with Gasteiger partial charge in [0.05, 0.1) is 16.7 Å². The van der Waals surface area contributed by atoms with E-state index in [2.05, 4.69) is 15.6 Å². The monoisotopic (exact) mass is 410 g/mol. The zero-order chi connectivity index (χ0) is 20.4. The van der Waals surface area contributed by atoms with Crippen molar-refractivity contribution in [2.75, 3.05) is 5.75 Å². The molecule has 2 aromatic carbocycles. The zero-order valence-electron chi connectivity index (χ0n) is 16.1. The van der Waals surface area contributed by atoms with E-state index in [4.69, 9.17) is 0 Å². The molecule has 1 fully saturated rings. The van der Waals surface area contributed by atoms with Gasteiger partial charge in [0.2, 0.25) is 5.91 Å². The van der Waals surface area contributed by atoms with E-state index < -0.39 is 11.9 Å². The lowest BCUT2D eigenvalue weighted by Gasteiger charge is -2.12. The lowest BCUT2D eigenvalue weighted by Crippen LogP contribution is -2.44. The number of imide groups is 1. The topological polar surface area (TPSA) is 93.1 Å². The molecule has 3 aromatic rings. The molecule has 1 aromatic heterocycles. The van der Waals surface area contributed by atoms with Crippen molar-refractivity contribution in [3.05, 3.63) is 46.8 Å². The fourth-order valence-corrected chi connectivity index (χ4v) is 4.42. The first-order valence-corrected chi connectivity index (χ1v) is 10.6. The van der Waals surface area contributed by atoms with Gasteiger partial charge in [-0.2, -0.15) is 0 Å². The predicted octanol–water partition coefficient (Wildman–Crippen LogP) is 2.95. The molecule has 0 spiro atoms. The van der Waals surface area contributed by atoms with E-state index in [9.17, 15) is 14.4 Å². The third-order valence-corrected chi connectivity index (χ3v) is 6.21. The molecule has 7 nitrogen and oxygen atoms in total.